The van der Waals surface area contributed by atoms with Crippen molar-refractivity contribution in [3.63, 3.8) is 0 Å². The van der Waals surface area contributed by atoms with E-state index < -0.39 is 13.0 Å². The molecule has 0 amide bonds. The molecule has 0 aromatic heterocycles. The van der Waals surface area contributed by atoms with Gasteiger partial charge in [0.15, 0.2) is 0 Å². The largest absolute Gasteiger partial charge is 0.460 e. The topological polar surface area (TPSA) is 9.23 Å². The van der Waals surface area contributed by atoms with Crippen LogP contribution in [0, 0.1) is 6.07 Å². The zero-order valence-electron chi connectivity index (χ0n) is 7.17. The first-order chi connectivity index (χ1) is 6.33. The van der Waals surface area contributed by atoms with Gasteiger partial charge in [-0.25, -0.2) is 4.39 Å². The molecule has 0 aliphatic heterocycles. The van der Waals surface area contributed by atoms with Crippen molar-refractivity contribution in [3.05, 3.63) is 30.3 Å². The second-order valence-corrected chi connectivity index (χ2v) is 2.59. The fourth-order valence-electron chi connectivity index (χ4n) is 0.894. The lowest BCUT2D eigenvalue weighted by molar-refractivity contribution is 0.0558. The van der Waals surface area contributed by atoms with Crippen molar-refractivity contribution in [2.45, 2.75) is 19.2 Å². The molecule has 0 bridgehead atoms. The Hall–Kier alpha value is -1.12. The summed E-state index contributed by atoms with van der Waals surface area (Å²) >= 11 is 0. The average molecular weight is 185 g/mol. The molecular formula is C10H11F2O. The molecule has 0 saturated heterocycles. The van der Waals surface area contributed by atoms with Gasteiger partial charge in [0, 0.05) is 6.42 Å². The molecule has 0 saturated carbocycles. The SMILES string of the molecule is FCCCC(F)Oc1cc[c]cc1. The highest BCUT2D eigenvalue weighted by Gasteiger charge is 2.06. The summed E-state index contributed by atoms with van der Waals surface area (Å²) in [6, 6.07) is 9.29. The normalized spacial score (nSPS) is 12.5. The lowest BCUT2D eigenvalue weighted by atomic mass is 10.3. The van der Waals surface area contributed by atoms with Gasteiger partial charge in [-0.2, -0.15) is 0 Å². The standard InChI is InChI=1S/C10H11F2O/c11-8-4-7-10(12)13-9-5-2-1-3-6-9/h2-3,5-6,10H,4,7-8H2. The number of hydrogen-bond donors (Lipinski definition) is 0. The van der Waals surface area contributed by atoms with E-state index in [0.29, 0.717) is 5.75 Å². The maximum atomic E-state index is 12.9. The zero-order valence-corrected chi connectivity index (χ0v) is 7.17. The molecule has 1 atom stereocenters. The maximum Gasteiger partial charge on any atom is 0.238 e. The molecule has 13 heavy (non-hydrogen) atoms. The third kappa shape index (κ3) is 3.87. The molecule has 0 spiro atoms. The Morgan fingerprint density at radius 3 is 2.69 bits per heavy atom. The molecule has 0 N–H and O–H groups in total. The molecule has 0 fully saturated rings. The maximum absolute atomic E-state index is 12.9. The predicted molar refractivity (Wildman–Crippen MR) is 46.0 cm³/mol. The molecular weight excluding hydrogens is 174 g/mol. The molecule has 0 aliphatic rings. The van der Waals surface area contributed by atoms with E-state index in [1.54, 1.807) is 24.3 Å². The summed E-state index contributed by atoms with van der Waals surface area (Å²) in [4.78, 5) is 0. The van der Waals surface area contributed by atoms with Crippen LogP contribution in [0.5, 0.6) is 5.75 Å². The molecule has 1 radical (unpaired) electrons. The van der Waals surface area contributed by atoms with E-state index in [-0.39, 0.29) is 12.8 Å². The van der Waals surface area contributed by atoms with Crippen LogP contribution in [0.25, 0.3) is 0 Å². The fourth-order valence-corrected chi connectivity index (χ4v) is 0.894. The van der Waals surface area contributed by atoms with Gasteiger partial charge in [-0.3, -0.25) is 4.39 Å². The summed E-state index contributed by atoms with van der Waals surface area (Å²) in [7, 11) is 0. The summed E-state index contributed by atoms with van der Waals surface area (Å²) in [6.07, 6.45) is -1.13. The minimum Gasteiger partial charge on any atom is -0.460 e. The Labute approximate surface area is 76.3 Å². The highest BCUT2D eigenvalue weighted by Crippen LogP contribution is 2.13. The number of rotatable bonds is 5. The van der Waals surface area contributed by atoms with Crippen LogP contribution in [-0.4, -0.2) is 13.0 Å². The van der Waals surface area contributed by atoms with Gasteiger partial charge >= 0.3 is 0 Å². The summed E-state index contributed by atoms with van der Waals surface area (Å²) in [6.45, 7) is -0.508. The number of alkyl halides is 2. The Bertz CT molecular complexity index is 226. The summed E-state index contributed by atoms with van der Waals surface area (Å²) < 4.78 is 29.4. The van der Waals surface area contributed by atoms with E-state index in [9.17, 15) is 8.78 Å². The van der Waals surface area contributed by atoms with E-state index in [1.165, 1.54) is 0 Å². The van der Waals surface area contributed by atoms with Crippen LogP contribution in [0.4, 0.5) is 8.78 Å². The first-order valence-electron chi connectivity index (χ1n) is 4.15. The number of benzene rings is 1. The van der Waals surface area contributed by atoms with E-state index in [1.807, 2.05) is 0 Å². The van der Waals surface area contributed by atoms with Crippen LogP contribution in [0.2, 0.25) is 0 Å². The first-order valence-corrected chi connectivity index (χ1v) is 4.15. The lowest BCUT2D eigenvalue weighted by Crippen LogP contribution is -2.09. The van der Waals surface area contributed by atoms with Gasteiger partial charge in [0.2, 0.25) is 6.36 Å². The summed E-state index contributed by atoms with van der Waals surface area (Å²) in [5.74, 6) is 0.449. The monoisotopic (exact) mass is 185 g/mol. The number of halogens is 2. The molecule has 1 aromatic rings. The van der Waals surface area contributed by atoms with Crippen molar-refractivity contribution in [1.82, 2.24) is 0 Å². The predicted octanol–water partition coefficient (Wildman–Crippen LogP) is 2.91. The van der Waals surface area contributed by atoms with Gasteiger partial charge in [0.25, 0.3) is 0 Å². The quantitative estimate of drug-likeness (QED) is 0.685. The van der Waals surface area contributed by atoms with Crippen LogP contribution in [-0.2, 0) is 0 Å². The van der Waals surface area contributed by atoms with Crippen molar-refractivity contribution in [2.75, 3.05) is 6.67 Å². The number of ether oxygens (including phenoxy) is 1. The minimum atomic E-state index is -1.42. The highest BCUT2D eigenvalue weighted by atomic mass is 19.1. The Morgan fingerprint density at radius 2 is 2.08 bits per heavy atom. The van der Waals surface area contributed by atoms with E-state index >= 15 is 0 Å². The summed E-state index contributed by atoms with van der Waals surface area (Å²) in [5, 5.41) is 0. The Kier molecular flexibility index (Phi) is 4.23. The Balaban J connectivity index is 2.32. The lowest BCUT2D eigenvalue weighted by Gasteiger charge is -2.09. The first kappa shape index (κ1) is 9.96. The second-order valence-electron chi connectivity index (χ2n) is 2.59. The molecule has 1 nitrogen and oxygen atoms in total. The molecule has 1 rings (SSSR count). The van der Waals surface area contributed by atoms with Gasteiger partial charge in [0.05, 0.1) is 6.67 Å². The van der Waals surface area contributed by atoms with Gasteiger partial charge < -0.3 is 4.74 Å². The molecule has 1 aromatic carbocycles. The zero-order chi connectivity index (χ0) is 9.52. The van der Waals surface area contributed by atoms with Crippen LogP contribution in [0.3, 0.4) is 0 Å². The average Bonchev–Trinajstić information content (AvgIpc) is 2.16. The van der Waals surface area contributed by atoms with Gasteiger partial charge in [-0.1, -0.05) is 12.1 Å². The van der Waals surface area contributed by atoms with Crippen LogP contribution in [0.15, 0.2) is 24.3 Å². The third-order valence-corrected chi connectivity index (χ3v) is 1.52. The van der Waals surface area contributed by atoms with E-state index in [4.69, 9.17) is 4.74 Å². The molecule has 0 aliphatic carbocycles. The molecule has 0 heterocycles. The van der Waals surface area contributed by atoms with Crippen molar-refractivity contribution >= 4 is 0 Å². The van der Waals surface area contributed by atoms with Crippen molar-refractivity contribution in [3.8, 4) is 5.75 Å². The van der Waals surface area contributed by atoms with Crippen LogP contribution < -0.4 is 4.74 Å². The second kappa shape index (κ2) is 5.51. The third-order valence-electron chi connectivity index (χ3n) is 1.52. The van der Waals surface area contributed by atoms with Gasteiger partial charge in [-0.05, 0) is 24.6 Å². The van der Waals surface area contributed by atoms with Crippen molar-refractivity contribution in [1.29, 1.82) is 0 Å². The van der Waals surface area contributed by atoms with Crippen LogP contribution >= 0.6 is 0 Å². The highest BCUT2D eigenvalue weighted by molar-refractivity contribution is 5.20. The fraction of sp³-hybridized carbons (Fsp3) is 0.400. The molecule has 1 unspecified atom stereocenters. The minimum absolute atomic E-state index is 0.0924. The van der Waals surface area contributed by atoms with Crippen molar-refractivity contribution < 1.29 is 13.5 Å². The smallest absolute Gasteiger partial charge is 0.238 e. The molecule has 71 valence electrons. The summed E-state index contributed by atoms with van der Waals surface area (Å²) in [5.41, 5.74) is 0. The van der Waals surface area contributed by atoms with Gasteiger partial charge in [0.1, 0.15) is 5.75 Å². The van der Waals surface area contributed by atoms with E-state index in [2.05, 4.69) is 6.07 Å². The number of hydrogen-bond acceptors (Lipinski definition) is 1. The van der Waals surface area contributed by atoms with Crippen LogP contribution in [0.1, 0.15) is 12.8 Å². The van der Waals surface area contributed by atoms with E-state index in [0.717, 1.165) is 0 Å². The molecule has 3 heteroatoms. The Morgan fingerprint density at radius 1 is 1.38 bits per heavy atom. The van der Waals surface area contributed by atoms with Crippen molar-refractivity contribution in [2.24, 2.45) is 0 Å². The van der Waals surface area contributed by atoms with Gasteiger partial charge in [-0.15, -0.1) is 0 Å².